The number of hydrogen-bond donors (Lipinski definition) is 0. The summed E-state index contributed by atoms with van der Waals surface area (Å²) in [5.41, 5.74) is 0.903. The maximum Gasteiger partial charge on any atom is -0.0264 e. The molecule has 0 amide bonds. The summed E-state index contributed by atoms with van der Waals surface area (Å²) >= 11 is 0. The quantitative estimate of drug-likeness (QED) is 0.504. The molecule has 0 radical (unpaired) electrons. The molecule has 2 aliphatic rings. The SMILES string of the molecule is CCC1CC2(C1)CC2C. The summed E-state index contributed by atoms with van der Waals surface area (Å²) in [5.74, 6) is 2.19. The topological polar surface area (TPSA) is 0 Å². The molecule has 2 rings (SSSR count). The largest absolute Gasteiger partial charge is 0.0651 e. The lowest BCUT2D eigenvalue weighted by Crippen LogP contribution is -2.25. The van der Waals surface area contributed by atoms with Crippen molar-refractivity contribution in [1.29, 1.82) is 0 Å². The van der Waals surface area contributed by atoms with Crippen LogP contribution >= 0.6 is 0 Å². The summed E-state index contributed by atoms with van der Waals surface area (Å²) in [4.78, 5) is 0. The third kappa shape index (κ3) is 0.653. The molecule has 0 aliphatic heterocycles. The average molecular weight is 124 g/mol. The standard InChI is InChI=1S/C9H16/c1-3-8-5-9(6-8)4-7(9)2/h7-8H,3-6H2,1-2H3. The second-order valence-corrected chi connectivity index (χ2v) is 4.15. The normalized spacial score (nSPS) is 55.3. The Labute approximate surface area is 57.6 Å². The summed E-state index contributed by atoms with van der Waals surface area (Å²) in [6.07, 6.45) is 6.09. The first-order chi connectivity index (χ1) is 4.27. The zero-order chi connectivity index (χ0) is 6.48. The van der Waals surface area contributed by atoms with Crippen molar-refractivity contribution >= 4 is 0 Å². The molecule has 0 aromatic heterocycles. The Morgan fingerprint density at radius 1 is 1.33 bits per heavy atom. The van der Waals surface area contributed by atoms with E-state index in [1.54, 1.807) is 19.3 Å². The molecule has 9 heavy (non-hydrogen) atoms. The van der Waals surface area contributed by atoms with Gasteiger partial charge in [-0.3, -0.25) is 0 Å². The van der Waals surface area contributed by atoms with E-state index in [1.807, 2.05) is 0 Å². The first-order valence-corrected chi connectivity index (χ1v) is 4.27. The Kier molecular flexibility index (Phi) is 0.980. The number of rotatable bonds is 1. The first kappa shape index (κ1) is 5.76. The van der Waals surface area contributed by atoms with Crippen LogP contribution in [-0.2, 0) is 0 Å². The van der Waals surface area contributed by atoms with Gasteiger partial charge in [-0.25, -0.2) is 0 Å². The molecule has 0 N–H and O–H groups in total. The van der Waals surface area contributed by atoms with E-state index < -0.39 is 0 Å². The van der Waals surface area contributed by atoms with E-state index in [1.165, 1.54) is 6.42 Å². The molecule has 0 nitrogen and oxygen atoms in total. The van der Waals surface area contributed by atoms with E-state index in [2.05, 4.69) is 13.8 Å². The highest BCUT2D eigenvalue weighted by Gasteiger charge is 2.58. The van der Waals surface area contributed by atoms with Gasteiger partial charge in [0.25, 0.3) is 0 Å². The fraction of sp³-hybridized carbons (Fsp3) is 1.00. The van der Waals surface area contributed by atoms with Crippen LogP contribution in [0.4, 0.5) is 0 Å². The highest BCUT2D eigenvalue weighted by molar-refractivity contribution is 5.08. The van der Waals surface area contributed by atoms with Crippen LogP contribution in [0.3, 0.4) is 0 Å². The molecule has 0 bridgehead atoms. The summed E-state index contributed by atoms with van der Waals surface area (Å²) in [7, 11) is 0. The molecule has 0 aromatic rings. The molecule has 2 fully saturated rings. The lowest BCUT2D eigenvalue weighted by molar-refractivity contribution is 0.148. The molecule has 0 heterocycles. The summed E-state index contributed by atoms with van der Waals surface area (Å²) in [5, 5.41) is 0. The molecule has 52 valence electrons. The van der Waals surface area contributed by atoms with Crippen molar-refractivity contribution in [3.63, 3.8) is 0 Å². The lowest BCUT2D eigenvalue weighted by Gasteiger charge is -2.36. The zero-order valence-electron chi connectivity index (χ0n) is 6.48. The minimum Gasteiger partial charge on any atom is -0.0651 e. The monoisotopic (exact) mass is 124 g/mol. The molecule has 1 unspecified atom stereocenters. The van der Waals surface area contributed by atoms with E-state index >= 15 is 0 Å². The molecular weight excluding hydrogens is 108 g/mol. The van der Waals surface area contributed by atoms with Crippen molar-refractivity contribution in [1.82, 2.24) is 0 Å². The first-order valence-electron chi connectivity index (χ1n) is 4.27. The fourth-order valence-corrected chi connectivity index (χ4v) is 2.50. The van der Waals surface area contributed by atoms with Crippen molar-refractivity contribution in [2.75, 3.05) is 0 Å². The maximum atomic E-state index is 2.41. The second-order valence-electron chi connectivity index (χ2n) is 4.15. The van der Waals surface area contributed by atoms with Gasteiger partial charge in [0.15, 0.2) is 0 Å². The highest BCUT2D eigenvalue weighted by Crippen LogP contribution is 2.67. The van der Waals surface area contributed by atoms with Gasteiger partial charge in [0.1, 0.15) is 0 Å². The minimum atomic E-state index is 0.903. The van der Waals surface area contributed by atoms with Crippen LogP contribution in [0.5, 0.6) is 0 Å². The Hall–Kier alpha value is 0. The van der Waals surface area contributed by atoms with Gasteiger partial charge in [-0.15, -0.1) is 0 Å². The van der Waals surface area contributed by atoms with Gasteiger partial charge in [0, 0.05) is 0 Å². The lowest BCUT2D eigenvalue weighted by atomic mass is 9.69. The Bertz CT molecular complexity index is 120. The van der Waals surface area contributed by atoms with Crippen LogP contribution < -0.4 is 0 Å². The van der Waals surface area contributed by atoms with Crippen LogP contribution in [0.1, 0.15) is 39.5 Å². The van der Waals surface area contributed by atoms with Crippen molar-refractivity contribution < 1.29 is 0 Å². The molecule has 0 aromatic carbocycles. The van der Waals surface area contributed by atoms with Crippen molar-refractivity contribution in [2.45, 2.75) is 39.5 Å². The van der Waals surface area contributed by atoms with Crippen LogP contribution in [0.25, 0.3) is 0 Å². The van der Waals surface area contributed by atoms with Crippen LogP contribution in [0.2, 0.25) is 0 Å². The van der Waals surface area contributed by atoms with Gasteiger partial charge in [-0.1, -0.05) is 20.3 Å². The van der Waals surface area contributed by atoms with Gasteiger partial charge in [0.05, 0.1) is 0 Å². The number of hydrogen-bond acceptors (Lipinski definition) is 0. The highest BCUT2D eigenvalue weighted by atomic mass is 14.6. The van der Waals surface area contributed by atoms with Crippen LogP contribution in [0.15, 0.2) is 0 Å². The third-order valence-electron chi connectivity index (χ3n) is 3.57. The molecule has 2 aliphatic carbocycles. The molecule has 0 saturated heterocycles. The van der Waals surface area contributed by atoms with Crippen molar-refractivity contribution in [3.8, 4) is 0 Å². The van der Waals surface area contributed by atoms with Crippen LogP contribution in [0, 0.1) is 17.3 Å². The molecule has 2 saturated carbocycles. The minimum absolute atomic E-state index is 0.903. The average Bonchev–Trinajstić information content (AvgIpc) is 2.37. The molecular formula is C9H16. The van der Waals surface area contributed by atoms with E-state index in [-0.39, 0.29) is 0 Å². The predicted molar refractivity (Wildman–Crippen MR) is 39.2 cm³/mol. The predicted octanol–water partition coefficient (Wildman–Crippen LogP) is 2.83. The zero-order valence-corrected chi connectivity index (χ0v) is 6.48. The van der Waals surface area contributed by atoms with Gasteiger partial charge >= 0.3 is 0 Å². The summed E-state index contributed by atoms with van der Waals surface area (Å²) in [6, 6.07) is 0. The third-order valence-corrected chi connectivity index (χ3v) is 3.57. The van der Waals surface area contributed by atoms with E-state index in [4.69, 9.17) is 0 Å². The Morgan fingerprint density at radius 3 is 2.22 bits per heavy atom. The Morgan fingerprint density at radius 2 is 1.89 bits per heavy atom. The van der Waals surface area contributed by atoms with Crippen molar-refractivity contribution in [3.05, 3.63) is 0 Å². The van der Waals surface area contributed by atoms with E-state index in [9.17, 15) is 0 Å². The van der Waals surface area contributed by atoms with Gasteiger partial charge < -0.3 is 0 Å². The van der Waals surface area contributed by atoms with Gasteiger partial charge in [-0.05, 0) is 36.5 Å². The second kappa shape index (κ2) is 1.53. The molecule has 0 heteroatoms. The van der Waals surface area contributed by atoms with Gasteiger partial charge in [0.2, 0.25) is 0 Å². The fourth-order valence-electron chi connectivity index (χ4n) is 2.50. The smallest absolute Gasteiger partial charge is 0.0264 e. The van der Waals surface area contributed by atoms with Crippen LogP contribution in [-0.4, -0.2) is 0 Å². The van der Waals surface area contributed by atoms with Crippen molar-refractivity contribution in [2.24, 2.45) is 17.3 Å². The van der Waals surface area contributed by atoms with E-state index in [0.29, 0.717) is 0 Å². The summed E-state index contributed by atoms with van der Waals surface area (Å²) in [6.45, 7) is 4.73. The maximum absolute atomic E-state index is 2.41. The summed E-state index contributed by atoms with van der Waals surface area (Å²) < 4.78 is 0. The van der Waals surface area contributed by atoms with Gasteiger partial charge in [-0.2, -0.15) is 0 Å². The van der Waals surface area contributed by atoms with E-state index in [0.717, 1.165) is 17.3 Å². The molecule has 1 atom stereocenters. The molecule has 1 spiro atoms. The Balaban J connectivity index is 1.85.